The van der Waals surface area contributed by atoms with E-state index in [1.165, 1.54) is 270 Å². The van der Waals surface area contributed by atoms with E-state index < -0.39 is 97.5 Å². The van der Waals surface area contributed by atoms with Crippen LogP contribution in [0, 0.1) is 0 Å². The Morgan fingerprint density at radius 3 is 0.590 bits per heavy atom. The van der Waals surface area contributed by atoms with Gasteiger partial charge < -0.3 is 33.8 Å². The summed E-state index contributed by atoms with van der Waals surface area (Å²) in [6.07, 6.45) is 68.2. The molecule has 0 heterocycles. The fourth-order valence-electron chi connectivity index (χ4n) is 12.6. The number of carbonyl (C=O) groups is 4. The minimum absolute atomic E-state index is 0.107. The lowest BCUT2D eigenvalue weighted by Crippen LogP contribution is -2.30. The van der Waals surface area contributed by atoms with Crippen LogP contribution in [-0.2, 0) is 65.4 Å². The van der Waals surface area contributed by atoms with Crippen LogP contribution in [0.4, 0.5) is 0 Å². The molecule has 17 nitrogen and oxygen atoms in total. The van der Waals surface area contributed by atoms with Crippen molar-refractivity contribution < 1.29 is 80.2 Å². The quantitative estimate of drug-likeness (QED) is 0.0222. The van der Waals surface area contributed by atoms with Gasteiger partial charge >= 0.3 is 39.5 Å². The van der Waals surface area contributed by atoms with Gasteiger partial charge in [0, 0.05) is 25.7 Å². The van der Waals surface area contributed by atoms with Crippen molar-refractivity contribution >= 4 is 39.5 Å². The van der Waals surface area contributed by atoms with Crippen LogP contribution in [0.1, 0.15) is 439 Å². The lowest BCUT2D eigenvalue weighted by atomic mass is 10.0. The Hall–Kier alpha value is -1.94. The van der Waals surface area contributed by atoms with Gasteiger partial charge in [0.05, 0.1) is 26.4 Å². The number of aliphatic hydroxyl groups excluding tert-OH is 1. The highest BCUT2D eigenvalue weighted by Gasteiger charge is 2.30. The van der Waals surface area contributed by atoms with E-state index >= 15 is 0 Å². The van der Waals surface area contributed by atoms with Crippen molar-refractivity contribution in [2.24, 2.45) is 0 Å². The molecule has 0 bridgehead atoms. The highest BCUT2D eigenvalue weighted by Crippen LogP contribution is 2.45. The lowest BCUT2D eigenvalue weighted by Gasteiger charge is -2.21. The third-order valence-corrected chi connectivity index (χ3v) is 21.0. The van der Waals surface area contributed by atoms with Crippen molar-refractivity contribution in [2.75, 3.05) is 39.6 Å². The van der Waals surface area contributed by atoms with E-state index in [9.17, 15) is 43.2 Å². The molecule has 0 radical (unpaired) electrons. The van der Waals surface area contributed by atoms with Gasteiger partial charge in [0.2, 0.25) is 0 Å². The second kappa shape index (κ2) is 75.3. The molecule has 0 aromatic rings. The van der Waals surface area contributed by atoms with Crippen LogP contribution in [0.2, 0.25) is 0 Å². The van der Waals surface area contributed by atoms with Gasteiger partial charge in [-0.05, 0) is 25.7 Å². The molecule has 0 spiro atoms. The summed E-state index contributed by atoms with van der Waals surface area (Å²) in [4.78, 5) is 72.9. The molecule has 0 fully saturated rings. The summed E-state index contributed by atoms with van der Waals surface area (Å²) in [5, 5.41) is 10.6. The molecule has 2 unspecified atom stereocenters. The summed E-state index contributed by atoms with van der Waals surface area (Å²) in [6, 6.07) is 0. The van der Waals surface area contributed by atoms with Crippen LogP contribution in [0.5, 0.6) is 0 Å². The van der Waals surface area contributed by atoms with Crippen molar-refractivity contribution in [3.05, 3.63) is 0 Å². The highest BCUT2D eigenvalue weighted by molar-refractivity contribution is 7.47. The molecular formula is C81H158O17P2. The molecule has 0 saturated heterocycles. The third-order valence-electron chi connectivity index (χ3n) is 19.1. The number of hydrogen-bond acceptors (Lipinski definition) is 15. The second-order valence-corrected chi connectivity index (χ2v) is 32.1. The fraction of sp³-hybridized carbons (Fsp3) is 0.951. The zero-order valence-corrected chi connectivity index (χ0v) is 67.0. The molecule has 0 aromatic carbocycles. The molecule has 100 heavy (non-hydrogen) atoms. The van der Waals surface area contributed by atoms with Gasteiger partial charge in [0.15, 0.2) is 12.2 Å². The zero-order valence-electron chi connectivity index (χ0n) is 65.2. The maximum absolute atomic E-state index is 13.1. The number of unbranched alkanes of at least 4 members (excludes halogenated alkanes) is 56. The van der Waals surface area contributed by atoms with Gasteiger partial charge in [-0.15, -0.1) is 0 Å². The molecule has 0 aliphatic heterocycles. The molecule has 0 aliphatic carbocycles. The summed E-state index contributed by atoms with van der Waals surface area (Å²) in [7, 11) is -9.91. The molecule has 3 N–H and O–H groups in total. The van der Waals surface area contributed by atoms with Gasteiger partial charge in [-0.25, -0.2) is 9.13 Å². The predicted molar refractivity (Wildman–Crippen MR) is 409 cm³/mol. The first-order valence-electron chi connectivity index (χ1n) is 42.3. The van der Waals surface area contributed by atoms with E-state index in [1.54, 1.807) is 0 Å². The summed E-state index contributed by atoms with van der Waals surface area (Å²) >= 11 is 0. The fourth-order valence-corrected chi connectivity index (χ4v) is 14.2. The average molecular weight is 1470 g/mol. The maximum Gasteiger partial charge on any atom is 0.472 e. The van der Waals surface area contributed by atoms with Crippen LogP contribution < -0.4 is 0 Å². The number of carbonyl (C=O) groups excluding carboxylic acids is 4. The van der Waals surface area contributed by atoms with Crippen LogP contribution in [0.25, 0.3) is 0 Å². The molecule has 0 amide bonds. The predicted octanol–water partition coefficient (Wildman–Crippen LogP) is 24.6. The maximum atomic E-state index is 13.1. The Balaban J connectivity index is 5.16. The Morgan fingerprint density at radius 2 is 0.400 bits per heavy atom. The Bertz CT molecular complexity index is 1890. The summed E-state index contributed by atoms with van der Waals surface area (Å²) in [5.41, 5.74) is 0. The number of ether oxygens (including phenoxy) is 4. The minimum Gasteiger partial charge on any atom is -0.462 e. The molecule has 0 aromatic heterocycles. The number of phosphoric ester groups is 2. The second-order valence-electron chi connectivity index (χ2n) is 29.2. The first kappa shape index (κ1) is 98.1. The van der Waals surface area contributed by atoms with Crippen LogP contribution in [-0.4, -0.2) is 96.7 Å². The van der Waals surface area contributed by atoms with Gasteiger partial charge in [0.25, 0.3) is 0 Å². The molecule has 0 rings (SSSR count). The average Bonchev–Trinajstić information content (AvgIpc) is 0.949. The topological polar surface area (TPSA) is 237 Å². The largest absolute Gasteiger partial charge is 0.472 e. The van der Waals surface area contributed by atoms with E-state index in [1.807, 2.05) is 0 Å². The van der Waals surface area contributed by atoms with Gasteiger partial charge in [0.1, 0.15) is 19.3 Å². The Kier molecular flexibility index (Phi) is 73.8. The van der Waals surface area contributed by atoms with Gasteiger partial charge in [-0.2, -0.15) is 0 Å². The van der Waals surface area contributed by atoms with Crippen LogP contribution in [0.3, 0.4) is 0 Å². The van der Waals surface area contributed by atoms with Gasteiger partial charge in [-0.1, -0.05) is 387 Å². The van der Waals surface area contributed by atoms with E-state index in [4.69, 9.17) is 37.0 Å². The summed E-state index contributed by atoms with van der Waals surface area (Å²) < 4.78 is 68.6. The first-order valence-corrected chi connectivity index (χ1v) is 45.3. The van der Waals surface area contributed by atoms with E-state index in [0.29, 0.717) is 25.7 Å². The number of esters is 4. The Morgan fingerprint density at radius 1 is 0.240 bits per heavy atom. The number of phosphoric acid groups is 2. The Labute approximate surface area is 613 Å². The van der Waals surface area contributed by atoms with E-state index in [0.717, 1.165) is 89.9 Å². The zero-order chi connectivity index (χ0) is 73.2. The summed E-state index contributed by atoms with van der Waals surface area (Å²) in [5.74, 6) is -2.11. The van der Waals surface area contributed by atoms with E-state index in [2.05, 4.69) is 27.7 Å². The molecule has 594 valence electrons. The van der Waals surface area contributed by atoms with Crippen molar-refractivity contribution in [2.45, 2.75) is 457 Å². The molecule has 0 saturated carbocycles. The molecular weight excluding hydrogens is 1310 g/mol. The van der Waals surface area contributed by atoms with Crippen molar-refractivity contribution in [1.82, 2.24) is 0 Å². The molecule has 0 aliphatic rings. The van der Waals surface area contributed by atoms with Crippen LogP contribution in [0.15, 0.2) is 0 Å². The van der Waals surface area contributed by atoms with Crippen molar-refractivity contribution in [3.8, 4) is 0 Å². The lowest BCUT2D eigenvalue weighted by molar-refractivity contribution is -0.161. The summed E-state index contributed by atoms with van der Waals surface area (Å²) in [6.45, 7) is 4.99. The smallest absolute Gasteiger partial charge is 0.462 e. The van der Waals surface area contributed by atoms with Crippen molar-refractivity contribution in [1.29, 1.82) is 0 Å². The number of rotatable bonds is 82. The normalized spacial score (nSPS) is 13.8. The highest BCUT2D eigenvalue weighted by atomic mass is 31.2. The number of hydrogen-bond donors (Lipinski definition) is 3. The third kappa shape index (κ3) is 74.3. The molecule has 19 heteroatoms. The van der Waals surface area contributed by atoms with Crippen molar-refractivity contribution in [3.63, 3.8) is 0 Å². The minimum atomic E-state index is -4.96. The van der Waals surface area contributed by atoms with Gasteiger partial charge in [-0.3, -0.25) is 37.3 Å². The van der Waals surface area contributed by atoms with E-state index in [-0.39, 0.29) is 25.7 Å². The standard InChI is InChI=1S/C81H158O17P2/c1-5-9-13-17-21-25-28-30-32-34-36-38-40-42-44-46-48-52-56-60-64-68-81(86)98-77(72-92-79(84)66-62-58-54-51-47-45-43-41-39-37-35-33-31-29-26-22-18-14-10-6-2)74-96-100(89,90)94-70-75(82)69-93-99(87,88)95-73-76(71-91-78(83)65-61-57-53-49-24-20-16-12-8-4)97-80(85)67-63-59-55-50-27-23-19-15-11-7-3/h75-77,82H,5-74H2,1-4H3,(H,87,88)(H,89,90)/t75-,76+,77+/m0/s1. The first-order chi connectivity index (χ1) is 48.7. The number of aliphatic hydroxyl groups is 1. The van der Waals surface area contributed by atoms with Crippen LogP contribution >= 0.6 is 15.6 Å². The SMILES string of the molecule is CCCCCCCCCCCCCCCCCCCCCCCC(=O)O[C@H](COC(=O)CCCCCCCCCCCCCCCCCCCCCC)COP(=O)(O)OC[C@@H](O)COP(=O)(O)OC[C@@H](COC(=O)CCCCCCCCCCC)OC(=O)CCCCCCCCCCCC. The monoisotopic (exact) mass is 1470 g/mol. The molecule has 5 atom stereocenters.